The molecule has 1 radical (unpaired) electrons. The Morgan fingerprint density at radius 2 is 0.792 bits per heavy atom. The summed E-state index contributed by atoms with van der Waals surface area (Å²) in [6.45, 7) is 8.56. The van der Waals surface area contributed by atoms with Gasteiger partial charge in [0, 0.05) is 0 Å². The molecule has 0 aromatic rings. The molecule has 0 atom stereocenters. The second-order valence-corrected chi connectivity index (χ2v) is 8.04. The molecule has 0 heterocycles. The van der Waals surface area contributed by atoms with Gasteiger partial charge in [0.15, 0.2) is 0 Å². The lowest BCUT2D eigenvalue weighted by Crippen LogP contribution is -2.01. The highest BCUT2D eigenvalue weighted by Crippen LogP contribution is 2.24. The average molecular weight is 338 g/mol. The summed E-state index contributed by atoms with van der Waals surface area (Å²) in [5, 5.41) is 0. The fourth-order valence-electron chi connectivity index (χ4n) is 3.82. The van der Waals surface area contributed by atoms with Crippen LogP contribution in [0.25, 0.3) is 0 Å². The minimum absolute atomic E-state index is 1.04. The summed E-state index contributed by atoms with van der Waals surface area (Å²) < 4.78 is 0. The predicted molar refractivity (Wildman–Crippen MR) is 113 cm³/mol. The van der Waals surface area contributed by atoms with Crippen LogP contribution >= 0.6 is 0 Å². The van der Waals surface area contributed by atoms with Gasteiger partial charge in [-0.1, -0.05) is 149 Å². The summed E-state index contributed by atoms with van der Waals surface area (Å²) in [6, 6.07) is 0. The first-order valence-corrected chi connectivity index (χ1v) is 11.6. The molecule has 0 nitrogen and oxygen atoms in total. The van der Waals surface area contributed by atoms with Crippen molar-refractivity contribution in [2.24, 2.45) is 5.92 Å². The van der Waals surface area contributed by atoms with Crippen molar-refractivity contribution in [2.75, 3.05) is 0 Å². The second-order valence-electron chi connectivity index (χ2n) is 8.04. The molecule has 0 unspecified atom stereocenters. The third-order valence-electron chi connectivity index (χ3n) is 5.54. The number of hydrogen-bond acceptors (Lipinski definition) is 0. The zero-order valence-electron chi connectivity index (χ0n) is 17.4. The van der Waals surface area contributed by atoms with Crippen LogP contribution in [-0.4, -0.2) is 0 Å². The lowest BCUT2D eigenvalue weighted by Gasteiger charge is -2.17. The third-order valence-corrected chi connectivity index (χ3v) is 5.54. The van der Waals surface area contributed by atoms with E-state index >= 15 is 0 Å². The van der Waals surface area contributed by atoms with Crippen LogP contribution in [0.1, 0.15) is 142 Å². The van der Waals surface area contributed by atoms with E-state index in [9.17, 15) is 0 Å². The first-order valence-electron chi connectivity index (χ1n) is 11.6. The van der Waals surface area contributed by atoms with E-state index in [4.69, 9.17) is 0 Å². The molecule has 0 spiro atoms. The van der Waals surface area contributed by atoms with Gasteiger partial charge in [0.25, 0.3) is 0 Å². The monoisotopic (exact) mass is 337 g/mol. The van der Waals surface area contributed by atoms with Gasteiger partial charge in [-0.05, 0) is 5.92 Å². The van der Waals surface area contributed by atoms with E-state index in [1.165, 1.54) is 122 Å². The van der Waals surface area contributed by atoms with Crippen molar-refractivity contribution in [3.8, 4) is 0 Å². The molecule has 0 aliphatic rings. The maximum atomic E-state index is 3.92. The average Bonchev–Trinajstić information content (AvgIpc) is 2.60. The molecule has 0 saturated carbocycles. The zero-order valence-corrected chi connectivity index (χ0v) is 17.4. The van der Waals surface area contributed by atoms with Crippen molar-refractivity contribution in [3.05, 3.63) is 6.92 Å². The molecular weight excluding hydrogens is 288 g/mol. The molecule has 24 heavy (non-hydrogen) atoms. The van der Waals surface area contributed by atoms with Crippen LogP contribution in [-0.2, 0) is 0 Å². The SMILES string of the molecule is [CH2]CCCCCCCCCCC(CCCCCC)CCCCCC. The summed E-state index contributed by atoms with van der Waals surface area (Å²) in [7, 11) is 0. The lowest BCUT2D eigenvalue weighted by atomic mass is 9.89. The first kappa shape index (κ1) is 24.0. The Morgan fingerprint density at radius 3 is 1.17 bits per heavy atom. The van der Waals surface area contributed by atoms with E-state index in [1.807, 2.05) is 0 Å². The molecule has 0 aliphatic heterocycles. The van der Waals surface area contributed by atoms with Crippen LogP contribution in [0.3, 0.4) is 0 Å². The topological polar surface area (TPSA) is 0 Å². The Morgan fingerprint density at radius 1 is 0.458 bits per heavy atom. The summed E-state index contributed by atoms with van der Waals surface area (Å²) in [6.07, 6.45) is 28.7. The van der Waals surface area contributed by atoms with Crippen LogP contribution in [0.4, 0.5) is 0 Å². The van der Waals surface area contributed by atoms with Gasteiger partial charge < -0.3 is 0 Å². The Bertz CT molecular complexity index is 196. The molecule has 0 N–H and O–H groups in total. The quantitative estimate of drug-likeness (QED) is 0.194. The van der Waals surface area contributed by atoms with Gasteiger partial charge in [0.2, 0.25) is 0 Å². The molecule has 0 saturated heterocycles. The van der Waals surface area contributed by atoms with Crippen LogP contribution in [0.2, 0.25) is 0 Å². The highest BCUT2D eigenvalue weighted by Gasteiger charge is 2.08. The van der Waals surface area contributed by atoms with E-state index in [2.05, 4.69) is 20.8 Å². The maximum absolute atomic E-state index is 3.92. The number of unbranched alkanes of at least 4 members (excludes halogenated alkanes) is 14. The van der Waals surface area contributed by atoms with Gasteiger partial charge in [0.05, 0.1) is 0 Å². The van der Waals surface area contributed by atoms with Gasteiger partial charge in [-0.2, -0.15) is 0 Å². The molecule has 0 heteroatoms. The van der Waals surface area contributed by atoms with Crippen LogP contribution in [0, 0.1) is 12.8 Å². The molecule has 0 aromatic heterocycles. The van der Waals surface area contributed by atoms with Crippen LogP contribution < -0.4 is 0 Å². The second kappa shape index (κ2) is 21.0. The van der Waals surface area contributed by atoms with E-state index < -0.39 is 0 Å². The molecule has 0 fully saturated rings. The van der Waals surface area contributed by atoms with E-state index in [-0.39, 0.29) is 0 Å². The number of rotatable bonds is 20. The molecule has 0 aliphatic carbocycles. The minimum Gasteiger partial charge on any atom is -0.0654 e. The zero-order chi connectivity index (χ0) is 17.7. The van der Waals surface area contributed by atoms with Crippen molar-refractivity contribution in [1.29, 1.82) is 0 Å². The smallest absolute Gasteiger partial charge is 0.0414 e. The van der Waals surface area contributed by atoms with Gasteiger partial charge in [-0.15, -0.1) is 0 Å². The molecule has 0 rings (SSSR count). The minimum atomic E-state index is 1.04. The van der Waals surface area contributed by atoms with E-state index in [0.717, 1.165) is 12.3 Å². The maximum Gasteiger partial charge on any atom is -0.0414 e. The van der Waals surface area contributed by atoms with Crippen LogP contribution in [0.15, 0.2) is 0 Å². The first-order chi connectivity index (χ1) is 11.8. The number of hydrogen-bond donors (Lipinski definition) is 0. The molecule has 0 aromatic carbocycles. The van der Waals surface area contributed by atoms with Crippen molar-refractivity contribution < 1.29 is 0 Å². The Kier molecular flexibility index (Phi) is 21.0. The Hall–Kier alpha value is 0. The van der Waals surface area contributed by atoms with Crippen molar-refractivity contribution in [3.63, 3.8) is 0 Å². The molecule has 0 bridgehead atoms. The highest BCUT2D eigenvalue weighted by atomic mass is 14.1. The van der Waals surface area contributed by atoms with Crippen molar-refractivity contribution in [2.45, 2.75) is 142 Å². The van der Waals surface area contributed by atoms with Gasteiger partial charge >= 0.3 is 0 Å². The van der Waals surface area contributed by atoms with Gasteiger partial charge in [-0.25, -0.2) is 0 Å². The largest absolute Gasteiger partial charge is 0.0654 e. The summed E-state index contributed by atoms with van der Waals surface area (Å²) in [5.74, 6) is 1.04. The van der Waals surface area contributed by atoms with Gasteiger partial charge in [0.1, 0.15) is 0 Å². The summed E-state index contributed by atoms with van der Waals surface area (Å²) >= 11 is 0. The third kappa shape index (κ3) is 18.3. The molecule has 0 amide bonds. The fraction of sp³-hybridized carbons (Fsp3) is 0.958. The van der Waals surface area contributed by atoms with Crippen molar-refractivity contribution >= 4 is 0 Å². The predicted octanol–water partition coefficient (Wildman–Crippen LogP) is 9.28. The van der Waals surface area contributed by atoms with Gasteiger partial charge in [-0.3, -0.25) is 0 Å². The molecule has 145 valence electrons. The lowest BCUT2D eigenvalue weighted by molar-refractivity contribution is 0.367. The Balaban J connectivity index is 3.62. The Labute approximate surface area is 155 Å². The molecular formula is C24H49. The summed E-state index contributed by atoms with van der Waals surface area (Å²) in [4.78, 5) is 0. The standard InChI is InChI=1S/C24H49/c1-4-7-10-13-14-15-16-17-20-23-24(21-18-11-8-5-2)22-19-12-9-6-3/h24H,1,4-23H2,2-3H3. The highest BCUT2D eigenvalue weighted by molar-refractivity contribution is 4.62. The van der Waals surface area contributed by atoms with E-state index in [1.54, 1.807) is 0 Å². The fourth-order valence-corrected chi connectivity index (χ4v) is 3.82. The van der Waals surface area contributed by atoms with Crippen molar-refractivity contribution in [1.82, 2.24) is 0 Å². The van der Waals surface area contributed by atoms with Crippen LogP contribution in [0.5, 0.6) is 0 Å². The van der Waals surface area contributed by atoms with E-state index in [0.29, 0.717) is 0 Å². The summed E-state index contributed by atoms with van der Waals surface area (Å²) in [5.41, 5.74) is 0. The normalized spacial score (nSPS) is 11.5.